The molecular weight excluding hydrogens is 489 g/mol. The smallest absolute Gasteiger partial charge is 0.263 e. The third-order valence-electron chi connectivity index (χ3n) is 6.72. The third-order valence-corrected chi connectivity index (χ3v) is 8.41. The molecule has 2 aliphatic rings. The lowest BCUT2D eigenvalue weighted by Crippen LogP contribution is -2.43. The lowest BCUT2D eigenvalue weighted by molar-refractivity contribution is 0.0979. The maximum Gasteiger partial charge on any atom is 0.263 e. The zero-order chi connectivity index (χ0) is 24.2. The van der Waals surface area contributed by atoms with E-state index < -0.39 is 0 Å². The minimum Gasteiger partial charge on any atom is -0.324 e. The molecule has 0 aliphatic carbocycles. The Morgan fingerprint density at radius 3 is 2.65 bits per heavy atom. The van der Waals surface area contributed by atoms with Crippen molar-refractivity contribution >= 4 is 58.2 Å². The first-order valence-electron chi connectivity index (χ1n) is 11.1. The lowest BCUT2D eigenvalue weighted by Gasteiger charge is -2.41. The monoisotopic (exact) mass is 513 g/mol. The van der Waals surface area contributed by atoms with E-state index >= 15 is 0 Å². The van der Waals surface area contributed by atoms with Gasteiger partial charge in [-0.15, -0.1) is 0 Å². The fourth-order valence-electron chi connectivity index (χ4n) is 4.55. The number of thioether (sulfide) groups is 1. The van der Waals surface area contributed by atoms with Gasteiger partial charge in [0.1, 0.15) is 5.03 Å². The first kappa shape index (κ1) is 23.4. The Kier molecular flexibility index (Phi) is 6.01. The van der Waals surface area contributed by atoms with Crippen molar-refractivity contribution in [3.05, 3.63) is 69.3 Å². The third kappa shape index (κ3) is 3.94. The highest BCUT2D eigenvalue weighted by Gasteiger charge is 2.36. The number of benzene rings is 2. The Hall–Kier alpha value is -2.32. The summed E-state index contributed by atoms with van der Waals surface area (Å²) in [5, 5.41) is 4.58. The summed E-state index contributed by atoms with van der Waals surface area (Å²) in [4.78, 5) is 26.4. The second kappa shape index (κ2) is 8.72. The van der Waals surface area contributed by atoms with Crippen LogP contribution in [0.5, 0.6) is 0 Å². The molecule has 0 radical (unpaired) electrons. The molecule has 1 N–H and O–H groups in total. The minimum absolute atomic E-state index is 0.00199. The second-order valence-electron chi connectivity index (χ2n) is 9.10. The highest BCUT2D eigenvalue weighted by atomic mass is 35.5. The van der Waals surface area contributed by atoms with Gasteiger partial charge < -0.3 is 5.32 Å². The van der Waals surface area contributed by atoms with Crippen molar-refractivity contribution in [2.45, 2.75) is 43.1 Å². The van der Waals surface area contributed by atoms with Crippen molar-refractivity contribution in [3.63, 3.8) is 0 Å². The number of rotatable bonds is 3. The number of anilines is 3. The molecule has 2 aromatic carbocycles. The highest BCUT2D eigenvalue weighted by molar-refractivity contribution is 8.00. The topological polar surface area (TPSA) is 61.4 Å². The van der Waals surface area contributed by atoms with Crippen LogP contribution in [-0.4, -0.2) is 39.7 Å². The summed E-state index contributed by atoms with van der Waals surface area (Å²) in [7, 11) is 2.16. The van der Waals surface area contributed by atoms with Gasteiger partial charge in [0, 0.05) is 24.0 Å². The van der Waals surface area contributed by atoms with Crippen LogP contribution in [0, 0.1) is 0 Å². The van der Waals surface area contributed by atoms with Gasteiger partial charge in [-0.2, -0.15) is 0 Å². The number of amides is 1. The molecule has 3 aromatic rings. The molecule has 0 fully saturated rings. The molecule has 1 amide bonds. The van der Waals surface area contributed by atoms with Crippen molar-refractivity contribution in [2.75, 3.05) is 23.8 Å². The van der Waals surface area contributed by atoms with Crippen LogP contribution in [0.3, 0.4) is 0 Å². The van der Waals surface area contributed by atoms with E-state index in [-0.39, 0.29) is 16.8 Å². The number of hydrogen-bond acceptors (Lipinski definition) is 6. The number of nitrogens with zero attached hydrogens (tertiary/aromatic N) is 4. The van der Waals surface area contributed by atoms with Gasteiger partial charge in [0.15, 0.2) is 0 Å². The maximum absolute atomic E-state index is 13.3. The SMILES string of the molecule is CC1Sc2nc(Nc3ccc4c(c3)CCN(C)C4(C)C)ncc2C(=O)N1c1c(Cl)cccc1Cl. The summed E-state index contributed by atoms with van der Waals surface area (Å²) in [6.45, 7) is 7.45. The van der Waals surface area contributed by atoms with Gasteiger partial charge in [-0.25, -0.2) is 9.97 Å². The predicted molar refractivity (Wildman–Crippen MR) is 140 cm³/mol. The average Bonchev–Trinajstić information content (AvgIpc) is 2.78. The van der Waals surface area contributed by atoms with Crippen molar-refractivity contribution in [1.29, 1.82) is 0 Å². The summed E-state index contributed by atoms with van der Waals surface area (Å²) >= 11 is 14.2. The van der Waals surface area contributed by atoms with Gasteiger partial charge in [0.05, 0.1) is 26.7 Å². The van der Waals surface area contributed by atoms with Gasteiger partial charge in [0.25, 0.3) is 5.91 Å². The van der Waals surface area contributed by atoms with Gasteiger partial charge >= 0.3 is 0 Å². The number of carbonyl (C=O) groups excluding carboxylic acids is 1. The first-order valence-corrected chi connectivity index (χ1v) is 12.7. The minimum atomic E-state index is -0.233. The van der Waals surface area contributed by atoms with Gasteiger partial charge in [-0.1, -0.05) is 47.1 Å². The van der Waals surface area contributed by atoms with Crippen LogP contribution in [0.1, 0.15) is 42.3 Å². The molecule has 3 heterocycles. The molecule has 6 nitrogen and oxygen atoms in total. The van der Waals surface area contributed by atoms with E-state index in [1.165, 1.54) is 22.9 Å². The number of para-hydroxylation sites is 1. The van der Waals surface area contributed by atoms with Crippen LogP contribution in [-0.2, 0) is 12.0 Å². The zero-order valence-corrected chi connectivity index (χ0v) is 21.7. The molecule has 9 heteroatoms. The van der Waals surface area contributed by atoms with E-state index in [9.17, 15) is 4.79 Å². The van der Waals surface area contributed by atoms with E-state index in [1.807, 2.05) is 6.92 Å². The van der Waals surface area contributed by atoms with Crippen LogP contribution in [0.25, 0.3) is 0 Å². The molecule has 0 saturated heterocycles. The van der Waals surface area contributed by atoms with Gasteiger partial charge in [-0.3, -0.25) is 14.6 Å². The first-order chi connectivity index (χ1) is 16.2. The predicted octanol–water partition coefficient (Wildman–Crippen LogP) is 6.35. The van der Waals surface area contributed by atoms with Crippen LogP contribution < -0.4 is 10.2 Å². The molecule has 176 valence electrons. The molecular formula is C25H25Cl2N5OS. The summed E-state index contributed by atoms with van der Waals surface area (Å²) in [5.74, 6) is 0.241. The van der Waals surface area contributed by atoms with Crippen molar-refractivity contribution < 1.29 is 4.79 Å². The highest BCUT2D eigenvalue weighted by Crippen LogP contribution is 2.43. The van der Waals surface area contributed by atoms with E-state index in [2.05, 4.69) is 59.3 Å². The Bertz CT molecular complexity index is 1280. The summed E-state index contributed by atoms with van der Waals surface area (Å²) < 4.78 is 0. The maximum atomic E-state index is 13.3. The van der Waals surface area contributed by atoms with Crippen LogP contribution in [0.2, 0.25) is 10.0 Å². The number of halogens is 2. The average molecular weight is 514 g/mol. The van der Waals surface area contributed by atoms with E-state index in [0.29, 0.717) is 32.3 Å². The molecule has 34 heavy (non-hydrogen) atoms. The molecule has 0 saturated carbocycles. The fraction of sp³-hybridized carbons (Fsp3) is 0.320. The summed E-state index contributed by atoms with van der Waals surface area (Å²) in [6.07, 6.45) is 2.57. The second-order valence-corrected chi connectivity index (χ2v) is 11.2. The van der Waals surface area contributed by atoms with Crippen molar-refractivity contribution in [2.24, 2.45) is 0 Å². The standard InChI is InChI=1S/C25H25Cl2N5OS/c1-14-32(21-19(26)6-5-7-20(21)27)23(33)17-13-28-24(30-22(17)34-14)29-16-8-9-18-15(12-16)10-11-31(4)25(18,2)3/h5-9,12-14H,10-11H2,1-4H3,(H,28,29,30). The van der Waals surface area contributed by atoms with Crippen molar-refractivity contribution in [3.8, 4) is 0 Å². The largest absolute Gasteiger partial charge is 0.324 e. The molecule has 2 aliphatic heterocycles. The summed E-state index contributed by atoms with van der Waals surface area (Å²) in [6, 6.07) is 11.6. The number of carbonyl (C=O) groups is 1. The molecule has 1 aromatic heterocycles. The molecule has 5 rings (SSSR count). The quantitative estimate of drug-likeness (QED) is 0.411. The number of aromatic nitrogens is 2. The molecule has 1 atom stereocenters. The van der Waals surface area contributed by atoms with Crippen LogP contribution in [0.15, 0.2) is 47.6 Å². The molecule has 0 spiro atoms. The number of likely N-dealkylation sites (N-methyl/N-ethyl adjacent to an activating group) is 1. The van der Waals surface area contributed by atoms with E-state index in [0.717, 1.165) is 18.7 Å². The summed E-state index contributed by atoms with van der Waals surface area (Å²) in [5.41, 5.74) is 4.54. The number of fused-ring (bicyclic) bond motifs is 2. The van der Waals surface area contributed by atoms with Gasteiger partial charge in [0.2, 0.25) is 5.95 Å². The van der Waals surface area contributed by atoms with Crippen LogP contribution in [0.4, 0.5) is 17.3 Å². The van der Waals surface area contributed by atoms with Gasteiger partial charge in [-0.05, 0) is 69.6 Å². The lowest BCUT2D eigenvalue weighted by atomic mass is 9.83. The normalized spacial score (nSPS) is 19.5. The Morgan fingerprint density at radius 2 is 1.91 bits per heavy atom. The van der Waals surface area contributed by atoms with E-state index in [4.69, 9.17) is 23.2 Å². The molecule has 1 unspecified atom stereocenters. The van der Waals surface area contributed by atoms with Crippen LogP contribution >= 0.6 is 35.0 Å². The molecule has 0 bridgehead atoms. The Morgan fingerprint density at radius 1 is 1.18 bits per heavy atom. The Balaban J connectivity index is 1.42. The number of nitrogens with one attached hydrogen (secondary N) is 1. The van der Waals surface area contributed by atoms with E-state index in [1.54, 1.807) is 29.3 Å². The fourth-order valence-corrected chi connectivity index (χ4v) is 6.17. The zero-order valence-electron chi connectivity index (χ0n) is 19.4. The van der Waals surface area contributed by atoms with Crippen molar-refractivity contribution in [1.82, 2.24) is 14.9 Å². The number of hydrogen-bond donors (Lipinski definition) is 1. The Labute approximate surface area is 213 Å².